The molecule has 1 atom stereocenters. The van der Waals surface area contributed by atoms with Crippen molar-refractivity contribution in [1.29, 1.82) is 0 Å². The van der Waals surface area contributed by atoms with Crippen LogP contribution in [-0.4, -0.2) is 6.04 Å². The molecule has 1 saturated carbocycles. The summed E-state index contributed by atoms with van der Waals surface area (Å²) in [6.07, 6.45) is 3.79. The van der Waals surface area contributed by atoms with E-state index in [0.29, 0.717) is 11.5 Å². The van der Waals surface area contributed by atoms with Crippen LogP contribution in [0.15, 0.2) is 22.7 Å². The van der Waals surface area contributed by atoms with Gasteiger partial charge in [-0.25, -0.2) is 4.39 Å². The van der Waals surface area contributed by atoms with E-state index in [1.807, 2.05) is 6.07 Å². The molecule has 1 aromatic rings. The molecule has 0 aliphatic heterocycles. The molecule has 1 fully saturated rings. The minimum atomic E-state index is -0.179. The zero-order valence-corrected chi connectivity index (χ0v) is 12.0. The van der Waals surface area contributed by atoms with Crippen LogP contribution < -0.4 is 5.32 Å². The topological polar surface area (TPSA) is 12.0 Å². The van der Waals surface area contributed by atoms with Gasteiger partial charge in [0.15, 0.2) is 0 Å². The molecule has 2 rings (SSSR count). The summed E-state index contributed by atoms with van der Waals surface area (Å²) in [7, 11) is 0. The van der Waals surface area contributed by atoms with Crippen molar-refractivity contribution in [2.45, 2.75) is 45.7 Å². The number of rotatable bonds is 3. The van der Waals surface area contributed by atoms with Crippen molar-refractivity contribution in [3.63, 3.8) is 0 Å². The summed E-state index contributed by atoms with van der Waals surface area (Å²) in [5, 5.41) is 3.56. The van der Waals surface area contributed by atoms with E-state index in [2.05, 4.69) is 35.1 Å². The van der Waals surface area contributed by atoms with Gasteiger partial charge in [0.05, 0.1) is 0 Å². The largest absolute Gasteiger partial charge is 0.309 e. The van der Waals surface area contributed by atoms with Crippen LogP contribution in [0.2, 0.25) is 0 Å². The second-order valence-corrected chi connectivity index (χ2v) is 6.51. The van der Waals surface area contributed by atoms with Crippen LogP contribution in [-0.2, 0) is 6.54 Å². The van der Waals surface area contributed by atoms with Gasteiger partial charge in [0.2, 0.25) is 0 Å². The molecule has 1 nitrogen and oxygen atoms in total. The minimum Gasteiger partial charge on any atom is -0.309 e. The molecular weight excluding hydrogens is 281 g/mol. The Kier molecular flexibility index (Phi) is 3.88. The molecule has 1 unspecified atom stereocenters. The number of benzene rings is 1. The quantitative estimate of drug-likeness (QED) is 0.879. The zero-order valence-electron chi connectivity index (χ0n) is 10.4. The predicted molar refractivity (Wildman–Crippen MR) is 72.4 cm³/mol. The summed E-state index contributed by atoms with van der Waals surface area (Å²) < 4.78 is 14.0. The summed E-state index contributed by atoms with van der Waals surface area (Å²) in [5.74, 6) is -0.179. The molecule has 0 bridgehead atoms. The number of nitrogens with one attached hydrogen (secondary N) is 1. The molecule has 0 aromatic heterocycles. The molecule has 0 spiro atoms. The van der Waals surface area contributed by atoms with Crippen molar-refractivity contribution in [3.8, 4) is 0 Å². The molecule has 1 aromatic carbocycles. The van der Waals surface area contributed by atoms with E-state index >= 15 is 0 Å². The van der Waals surface area contributed by atoms with Crippen LogP contribution in [0.5, 0.6) is 0 Å². The summed E-state index contributed by atoms with van der Waals surface area (Å²) in [4.78, 5) is 0. The van der Waals surface area contributed by atoms with Crippen LogP contribution in [0.25, 0.3) is 0 Å². The van der Waals surface area contributed by atoms with Gasteiger partial charge in [-0.2, -0.15) is 0 Å². The van der Waals surface area contributed by atoms with Crippen LogP contribution >= 0.6 is 15.9 Å². The third kappa shape index (κ3) is 3.29. The highest BCUT2D eigenvalue weighted by molar-refractivity contribution is 9.10. The SMILES string of the molecule is CC1(C)CCCC1NCc1cc(F)cc(Br)c1. The molecule has 0 amide bonds. The van der Waals surface area contributed by atoms with Gasteiger partial charge in [-0.3, -0.25) is 0 Å². The molecule has 0 radical (unpaired) electrons. The second kappa shape index (κ2) is 5.07. The number of halogens is 2. The molecule has 94 valence electrons. The highest BCUT2D eigenvalue weighted by Crippen LogP contribution is 2.37. The summed E-state index contributed by atoms with van der Waals surface area (Å²) in [6.45, 7) is 5.35. The monoisotopic (exact) mass is 299 g/mol. The maximum atomic E-state index is 13.2. The number of hydrogen-bond acceptors (Lipinski definition) is 1. The lowest BCUT2D eigenvalue weighted by Gasteiger charge is -2.28. The minimum absolute atomic E-state index is 0.179. The molecule has 1 N–H and O–H groups in total. The first kappa shape index (κ1) is 13.0. The van der Waals surface area contributed by atoms with Gasteiger partial charge in [0.25, 0.3) is 0 Å². The second-order valence-electron chi connectivity index (χ2n) is 5.59. The molecule has 0 saturated heterocycles. The lowest BCUT2D eigenvalue weighted by Crippen LogP contribution is -2.37. The average molecular weight is 300 g/mol. The van der Waals surface area contributed by atoms with E-state index in [1.165, 1.54) is 25.3 Å². The molecular formula is C14H19BrFN. The first-order chi connectivity index (χ1) is 7.97. The van der Waals surface area contributed by atoms with Crippen LogP contribution in [0.4, 0.5) is 4.39 Å². The van der Waals surface area contributed by atoms with Gasteiger partial charge in [0.1, 0.15) is 5.82 Å². The molecule has 17 heavy (non-hydrogen) atoms. The fourth-order valence-corrected chi connectivity index (χ4v) is 3.17. The molecule has 1 aliphatic rings. The Morgan fingerprint density at radius 2 is 2.18 bits per heavy atom. The van der Waals surface area contributed by atoms with E-state index in [4.69, 9.17) is 0 Å². The maximum Gasteiger partial charge on any atom is 0.124 e. The van der Waals surface area contributed by atoms with E-state index in [9.17, 15) is 4.39 Å². The van der Waals surface area contributed by atoms with Crippen molar-refractivity contribution in [2.75, 3.05) is 0 Å². The Morgan fingerprint density at radius 3 is 2.76 bits per heavy atom. The van der Waals surface area contributed by atoms with Crippen LogP contribution in [0, 0.1) is 11.2 Å². The van der Waals surface area contributed by atoms with Crippen LogP contribution in [0.3, 0.4) is 0 Å². The standard InChI is InChI=1S/C14H19BrFN/c1-14(2)5-3-4-13(14)17-9-10-6-11(15)8-12(16)7-10/h6-8,13,17H,3-5,9H2,1-2H3. The Bertz CT molecular complexity index is 383. The highest BCUT2D eigenvalue weighted by Gasteiger charge is 2.33. The summed E-state index contributed by atoms with van der Waals surface area (Å²) in [5.41, 5.74) is 1.37. The van der Waals surface area contributed by atoms with Gasteiger partial charge >= 0.3 is 0 Å². The van der Waals surface area contributed by atoms with Crippen molar-refractivity contribution < 1.29 is 4.39 Å². The average Bonchev–Trinajstić information content (AvgIpc) is 2.53. The number of hydrogen-bond donors (Lipinski definition) is 1. The maximum absolute atomic E-state index is 13.2. The highest BCUT2D eigenvalue weighted by atomic mass is 79.9. The van der Waals surface area contributed by atoms with Gasteiger partial charge < -0.3 is 5.32 Å². The summed E-state index contributed by atoms with van der Waals surface area (Å²) in [6, 6.07) is 5.60. The lowest BCUT2D eigenvalue weighted by atomic mass is 9.87. The summed E-state index contributed by atoms with van der Waals surface area (Å²) >= 11 is 3.32. The third-order valence-corrected chi connectivity index (χ3v) is 4.19. The molecule has 1 aliphatic carbocycles. The van der Waals surface area contributed by atoms with Gasteiger partial charge in [-0.05, 0) is 42.0 Å². The van der Waals surface area contributed by atoms with E-state index in [0.717, 1.165) is 16.6 Å². The third-order valence-electron chi connectivity index (χ3n) is 3.73. The van der Waals surface area contributed by atoms with Crippen molar-refractivity contribution >= 4 is 15.9 Å². The van der Waals surface area contributed by atoms with E-state index in [-0.39, 0.29) is 5.82 Å². The Labute approximate surface area is 111 Å². The fourth-order valence-electron chi connectivity index (χ4n) is 2.66. The first-order valence-electron chi connectivity index (χ1n) is 6.16. The molecule has 0 heterocycles. The fraction of sp³-hybridized carbons (Fsp3) is 0.571. The van der Waals surface area contributed by atoms with E-state index < -0.39 is 0 Å². The smallest absolute Gasteiger partial charge is 0.124 e. The zero-order chi connectivity index (χ0) is 12.5. The first-order valence-corrected chi connectivity index (χ1v) is 6.95. The van der Waals surface area contributed by atoms with Crippen LogP contribution in [0.1, 0.15) is 38.7 Å². The Morgan fingerprint density at radius 1 is 1.41 bits per heavy atom. The van der Waals surface area contributed by atoms with Gasteiger partial charge in [0, 0.05) is 17.1 Å². The van der Waals surface area contributed by atoms with Gasteiger partial charge in [-0.1, -0.05) is 36.2 Å². The normalized spacial score (nSPS) is 22.9. The lowest BCUT2D eigenvalue weighted by molar-refractivity contribution is 0.282. The van der Waals surface area contributed by atoms with E-state index in [1.54, 1.807) is 6.07 Å². The van der Waals surface area contributed by atoms with Crippen molar-refractivity contribution in [1.82, 2.24) is 5.32 Å². The van der Waals surface area contributed by atoms with Crippen molar-refractivity contribution in [2.24, 2.45) is 5.41 Å². The molecule has 3 heteroatoms. The Balaban J connectivity index is 1.98. The van der Waals surface area contributed by atoms with Gasteiger partial charge in [-0.15, -0.1) is 0 Å². The Hall–Kier alpha value is -0.410. The van der Waals surface area contributed by atoms with Crippen molar-refractivity contribution in [3.05, 3.63) is 34.1 Å². The predicted octanol–water partition coefficient (Wildman–Crippen LogP) is 4.26.